The Morgan fingerprint density at radius 2 is 1.74 bits per heavy atom. The summed E-state index contributed by atoms with van der Waals surface area (Å²) in [5.41, 5.74) is 4.16. The van der Waals surface area contributed by atoms with Crippen LogP contribution in [0.2, 0.25) is 0 Å². The first kappa shape index (κ1) is 22.6. The maximum Gasteiger partial charge on any atom is 0.337 e. The third kappa shape index (κ3) is 4.13. The number of benzene rings is 2. The molecule has 1 fully saturated rings. The molecule has 0 aliphatic carbocycles. The zero-order valence-electron chi connectivity index (χ0n) is 19.3. The Hall–Kier alpha value is -4.17. The van der Waals surface area contributed by atoms with Gasteiger partial charge in [0.15, 0.2) is 5.11 Å². The molecule has 0 saturated carbocycles. The van der Waals surface area contributed by atoms with Crippen molar-refractivity contribution in [3.8, 4) is 11.4 Å². The average molecular weight is 485 g/mol. The zero-order chi connectivity index (χ0) is 24.4. The zero-order valence-corrected chi connectivity index (χ0v) is 20.1. The summed E-state index contributed by atoms with van der Waals surface area (Å²) in [7, 11) is 3.03. The van der Waals surface area contributed by atoms with Crippen LogP contribution in [0.1, 0.15) is 33.8 Å². The van der Waals surface area contributed by atoms with Gasteiger partial charge in [-0.3, -0.25) is 4.98 Å². The van der Waals surface area contributed by atoms with E-state index in [4.69, 9.17) is 21.7 Å². The van der Waals surface area contributed by atoms with Crippen LogP contribution in [0.5, 0.6) is 5.75 Å². The lowest BCUT2D eigenvalue weighted by molar-refractivity contribution is 0.0600. The first-order valence-corrected chi connectivity index (χ1v) is 11.5. The molecular formula is C27H24N4O3S. The number of carbonyl (C=O) groups excluding carboxylic acids is 1. The Bertz CT molecular complexity index is 1350. The number of pyridine rings is 1. The molecule has 2 atom stereocenters. The molecule has 0 bridgehead atoms. The number of carbonyl (C=O) groups is 1. The van der Waals surface area contributed by atoms with Gasteiger partial charge in [-0.25, -0.2) is 4.79 Å². The number of esters is 1. The number of anilines is 1. The minimum Gasteiger partial charge on any atom is -0.495 e. The van der Waals surface area contributed by atoms with E-state index in [0.717, 1.165) is 28.5 Å². The number of aromatic nitrogens is 2. The van der Waals surface area contributed by atoms with E-state index < -0.39 is 0 Å². The summed E-state index contributed by atoms with van der Waals surface area (Å²) in [6, 6.07) is 24.7. The van der Waals surface area contributed by atoms with E-state index in [2.05, 4.69) is 25.8 Å². The Morgan fingerprint density at radius 1 is 0.971 bits per heavy atom. The van der Waals surface area contributed by atoms with E-state index in [0.29, 0.717) is 10.7 Å². The van der Waals surface area contributed by atoms with Crippen LogP contribution >= 0.6 is 12.2 Å². The van der Waals surface area contributed by atoms with Crippen molar-refractivity contribution in [2.75, 3.05) is 19.1 Å². The van der Waals surface area contributed by atoms with Crippen LogP contribution in [-0.4, -0.2) is 34.9 Å². The predicted molar refractivity (Wildman–Crippen MR) is 138 cm³/mol. The summed E-state index contributed by atoms with van der Waals surface area (Å²) in [4.78, 5) is 18.6. The van der Waals surface area contributed by atoms with Crippen molar-refractivity contribution < 1.29 is 14.3 Å². The number of para-hydroxylation sites is 2. The molecule has 1 saturated heterocycles. The van der Waals surface area contributed by atoms with Gasteiger partial charge < -0.3 is 24.3 Å². The van der Waals surface area contributed by atoms with E-state index in [-0.39, 0.29) is 18.1 Å². The van der Waals surface area contributed by atoms with Crippen molar-refractivity contribution in [1.29, 1.82) is 0 Å². The van der Waals surface area contributed by atoms with E-state index >= 15 is 0 Å². The highest BCUT2D eigenvalue weighted by atomic mass is 32.1. The van der Waals surface area contributed by atoms with Crippen molar-refractivity contribution in [1.82, 2.24) is 14.9 Å². The third-order valence-corrected chi connectivity index (χ3v) is 6.41. The topological polar surface area (TPSA) is 68.6 Å². The van der Waals surface area contributed by atoms with Crippen molar-refractivity contribution in [2.24, 2.45) is 0 Å². The summed E-state index contributed by atoms with van der Waals surface area (Å²) >= 11 is 5.85. The quantitative estimate of drug-likeness (QED) is 0.310. The summed E-state index contributed by atoms with van der Waals surface area (Å²) in [6.07, 6.45) is 3.78. The molecular weight excluding hydrogens is 460 g/mol. The fourth-order valence-corrected chi connectivity index (χ4v) is 4.83. The number of hydrogen-bond donors (Lipinski definition) is 1. The molecule has 1 N–H and O–H groups in total. The minimum atomic E-state index is -0.368. The SMILES string of the molecule is COC(=O)c1ccc(-n2cccc2[C@@H]2[C@@H](c3ccccn3)NC(=S)N2c2ccccc2OC)cc1. The van der Waals surface area contributed by atoms with Crippen molar-refractivity contribution in [2.45, 2.75) is 12.1 Å². The van der Waals surface area contributed by atoms with E-state index in [1.54, 1.807) is 25.4 Å². The third-order valence-electron chi connectivity index (χ3n) is 6.09. The van der Waals surface area contributed by atoms with Gasteiger partial charge in [0.05, 0.1) is 37.2 Å². The smallest absolute Gasteiger partial charge is 0.337 e. The Labute approximate surface area is 208 Å². The molecule has 5 rings (SSSR count). The van der Waals surface area contributed by atoms with E-state index in [9.17, 15) is 4.79 Å². The highest BCUT2D eigenvalue weighted by molar-refractivity contribution is 7.80. The summed E-state index contributed by atoms with van der Waals surface area (Å²) in [6.45, 7) is 0. The number of nitrogens with one attached hydrogen (secondary N) is 1. The molecule has 35 heavy (non-hydrogen) atoms. The Kier molecular flexibility index (Phi) is 6.20. The second-order valence-corrected chi connectivity index (χ2v) is 8.40. The maximum atomic E-state index is 11.9. The first-order chi connectivity index (χ1) is 17.1. The normalized spacial score (nSPS) is 17.2. The van der Waals surface area contributed by atoms with Crippen molar-refractivity contribution in [3.05, 3.63) is 108 Å². The molecule has 0 radical (unpaired) electrons. The lowest BCUT2D eigenvalue weighted by atomic mass is 10.0. The predicted octanol–water partition coefficient (Wildman–Crippen LogP) is 4.84. The number of ether oxygens (including phenoxy) is 2. The van der Waals surface area contributed by atoms with Gasteiger partial charge in [-0.1, -0.05) is 18.2 Å². The number of methoxy groups -OCH3 is 2. The number of hydrogen-bond acceptors (Lipinski definition) is 5. The molecule has 0 spiro atoms. The standard InChI is InChI=1S/C27H24N4O3S/c1-33-23-11-4-3-9-21(23)31-25(24(29-27(31)35)20-8-5-6-16-28-20)22-10-7-17-30(22)19-14-12-18(13-15-19)26(32)34-2/h3-17,24-25H,1-2H3,(H,29,35)/t24-,25-/m1/s1. The van der Waals surface area contributed by atoms with Gasteiger partial charge in [-0.15, -0.1) is 0 Å². The van der Waals surface area contributed by atoms with Gasteiger partial charge in [0.1, 0.15) is 11.8 Å². The van der Waals surface area contributed by atoms with Gasteiger partial charge >= 0.3 is 5.97 Å². The van der Waals surface area contributed by atoms with Crippen LogP contribution < -0.4 is 15.0 Å². The second-order valence-electron chi connectivity index (χ2n) is 8.01. The van der Waals surface area contributed by atoms with Crippen molar-refractivity contribution in [3.63, 3.8) is 0 Å². The van der Waals surface area contributed by atoms with Gasteiger partial charge in [0, 0.05) is 23.8 Å². The lowest BCUT2D eigenvalue weighted by Crippen LogP contribution is -2.30. The van der Waals surface area contributed by atoms with Gasteiger partial charge in [-0.2, -0.15) is 0 Å². The molecule has 3 heterocycles. The molecule has 2 aromatic carbocycles. The Morgan fingerprint density at radius 3 is 2.46 bits per heavy atom. The minimum absolute atomic E-state index is 0.198. The number of rotatable bonds is 6. The Balaban J connectivity index is 1.64. The molecule has 0 unspecified atom stereocenters. The lowest BCUT2D eigenvalue weighted by Gasteiger charge is -2.30. The van der Waals surface area contributed by atoms with E-state index in [1.807, 2.05) is 66.9 Å². The summed E-state index contributed by atoms with van der Waals surface area (Å²) < 4.78 is 12.6. The molecule has 1 aliphatic rings. The number of thiocarbonyl (C=S) groups is 1. The molecule has 1 aliphatic heterocycles. The maximum absolute atomic E-state index is 11.9. The van der Waals surface area contributed by atoms with Crippen LogP contribution in [0.3, 0.4) is 0 Å². The fraction of sp³-hybridized carbons (Fsp3) is 0.148. The summed E-state index contributed by atoms with van der Waals surface area (Å²) in [5.74, 6) is 0.357. The molecule has 8 heteroatoms. The van der Waals surface area contributed by atoms with Gasteiger partial charge in [0.2, 0.25) is 0 Å². The van der Waals surface area contributed by atoms with Crippen LogP contribution in [0.4, 0.5) is 5.69 Å². The van der Waals surface area contributed by atoms with E-state index in [1.165, 1.54) is 7.11 Å². The van der Waals surface area contributed by atoms with Gasteiger partial charge in [0.25, 0.3) is 0 Å². The monoisotopic (exact) mass is 484 g/mol. The van der Waals surface area contributed by atoms with Crippen LogP contribution in [0.15, 0.2) is 91.3 Å². The molecule has 2 aromatic heterocycles. The molecule has 176 valence electrons. The van der Waals surface area contributed by atoms with Crippen LogP contribution in [0, 0.1) is 0 Å². The number of nitrogens with zero attached hydrogens (tertiary/aromatic N) is 3. The van der Waals surface area contributed by atoms with Crippen molar-refractivity contribution >= 4 is 29.0 Å². The second kappa shape index (κ2) is 9.60. The highest BCUT2D eigenvalue weighted by Gasteiger charge is 2.43. The molecule has 0 amide bonds. The largest absolute Gasteiger partial charge is 0.495 e. The first-order valence-electron chi connectivity index (χ1n) is 11.1. The molecule has 4 aromatic rings. The van der Waals surface area contributed by atoms with Crippen LogP contribution in [-0.2, 0) is 4.74 Å². The average Bonchev–Trinajstić information content (AvgIpc) is 3.53. The van der Waals surface area contributed by atoms with Crippen LogP contribution in [0.25, 0.3) is 5.69 Å². The van der Waals surface area contributed by atoms with Gasteiger partial charge in [-0.05, 0) is 72.9 Å². The highest BCUT2D eigenvalue weighted by Crippen LogP contribution is 2.44. The summed E-state index contributed by atoms with van der Waals surface area (Å²) in [5, 5.41) is 4.07. The fourth-order valence-electron chi connectivity index (χ4n) is 4.49. The molecule has 7 nitrogen and oxygen atoms in total.